The highest BCUT2D eigenvalue weighted by atomic mass is 28.4. The van der Waals surface area contributed by atoms with Gasteiger partial charge in [0.15, 0.2) is 0 Å². The first-order valence-corrected chi connectivity index (χ1v) is 16.5. The Hall–Kier alpha value is -0.913. The Labute approximate surface area is 222 Å². The lowest BCUT2D eigenvalue weighted by molar-refractivity contribution is -0.191. The van der Waals surface area contributed by atoms with Gasteiger partial charge in [0.2, 0.25) is 0 Å². The van der Waals surface area contributed by atoms with Crippen LogP contribution in [0.15, 0.2) is 24.5 Å². The van der Waals surface area contributed by atoms with Crippen LogP contribution >= 0.6 is 0 Å². The van der Waals surface area contributed by atoms with Crippen molar-refractivity contribution < 1.29 is 18.7 Å². The zero-order valence-corrected chi connectivity index (χ0v) is 26.1. The van der Waals surface area contributed by atoms with Gasteiger partial charge in [-0.25, -0.2) is 0 Å². The first-order valence-electron chi connectivity index (χ1n) is 14.4. The highest BCUT2D eigenvalue weighted by Gasteiger charge is 2.67. The van der Waals surface area contributed by atoms with Crippen LogP contribution in [0.5, 0.6) is 0 Å². The molecule has 3 aliphatic rings. The average Bonchev–Trinajstić information content (AvgIpc) is 3.18. The van der Waals surface area contributed by atoms with Crippen LogP contribution < -0.4 is 0 Å². The van der Waals surface area contributed by atoms with Crippen LogP contribution in [0.2, 0.25) is 16.6 Å². The summed E-state index contributed by atoms with van der Waals surface area (Å²) in [4.78, 5) is 14.5. The number of allylic oxidation sites excluding steroid dienone is 2. The predicted octanol–water partition coefficient (Wildman–Crippen LogP) is 8.30. The maximum Gasteiger partial charge on any atom is 0.258 e. The number of rotatable bonds is 9. The van der Waals surface area contributed by atoms with Gasteiger partial charge in [-0.2, -0.15) is 0 Å². The number of carbonyl (C=O) groups is 1. The van der Waals surface area contributed by atoms with Gasteiger partial charge in [0.25, 0.3) is 8.32 Å². The largest absolute Gasteiger partial charge is 0.546 e. The molecule has 0 spiro atoms. The van der Waals surface area contributed by atoms with E-state index in [1.807, 2.05) is 6.08 Å². The second kappa shape index (κ2) is 10.3. The molecule has 36 heavy (non-hydrogen) atoms. The Bertz CT molecular complexity index is 841. The summed E-state index contributed by atoms with van der Waals surface area (Å²) in [6, 6.07) is 0. The molecular weight excluding hydrogens is 464 g/mol. The summed E-state index contributed by atoms with van der Waals surface area (Å²) in [5.74, 6) is 2.08. The Kier molecular flexibility index (Phi) is 8.51. The lowest BCUT2D eigenvalue weighted by Crippen LogP contribution is -2.61. The number of hydrogen-bond donors (Lipinski definition) is 0. The second-order valence-corrected chi connectivity index (χ2v) is 19.1. The third-order valence-corrected chi connectivity index (χ3v) is 17.2. The average molecular weight is 519 g/mol. The maximum atomic E-state index is 14.5. The van der Waals surface area contributed by atoms with Crippen LogP contribution in [0.4, 0.5) is 0 Å². The summed E-state index contributed by atoms with van der Waals surface area (Å²) in [5.41, 5.74) is 0.494. The Balaban J connectivity index is 2.21. The topological polar surface area (TPSA) is 44.8 Å². The normalized spacial score (nSPS) is 39.2. The molecule has 0 aromatic rings. The van der Waals surface area contributed by atoms with Crippen LogP contribution in [0.3, 0.4) is 0 Å². The highest BCUT2D eigenvalue weighted by Crippen LogP contribution is 2.68. The Morgan fingerprint density at radius 3 is 2.19 bits per heavy atom. The molecule has 2 bridgehead atoms. The van der Waals surface area contributed by atoms with Crippen molar-refractivity contribution in [1.29, 1.82) is 0 Å². The smallest absolute Gasteiger partial charge is 0.258 e. The zero-order valence-electron chi connectivity index (χ0n) is 25.1. The van der Waals surface area contributed by atoms with E-state index in [0.29, 0.717) is 34.7 Å². The van der Waals surface area contributed by atoms with E-state index < -0.39 is 19.1 Å². The van der Waals surface area contributed by atoms with Crippen LogP contribution in [-0.4, -0.2) is 34.1 Å². The summed E-state index contributed by atoms with van der Waals surface area (Å²) in [5, 5.41) is 0. The van der Waals surface area contributed by atoms with Crippen LogP contribution in [-0.2, 0) is 18.7 Å². The van der Waals surface area contributed by atoms with Gasteiger partial charge in [0.1, 0.15) is 12.6 Å². The SMILES string of the molecule is C=CC1(C)CC(=O)C2(C)C(C)CCC3(CC=C(O[Si](C(C)C)(C(C)C)C(C)C)C32)C(C)C1OCOC. The van der Waals surface area contributed by atoms with Crippen molar-refractivity contribution >= 4 is 14.1 Å². The van der Waals surface area contributed by atoms with E-state index in [1.54, 1.807) is 7.11 Å². The molecule has 4 nitrogen and oxygen atoms in total. The van der Waals surface area contributed by atoms with Crippen molar-refractivity contribution in [3.8, 4) is 0 Å². The molecule has 2 saturated carbocycles. The molecular formula is C31H54O4Si. The minimum atomic E-state index is -2.17. The summed E-state index contributed by atoms with van der Waals surface area (Å²) in [6.07, 6.45) is 7.76. The third kappa shape index (κ3) is 4.20. The van der Waals surface area contributed by atoms with Gasteiger partial charge < -0.3 is 13.9 Å². The van der Waals surface area contributed by atoms with Crippen molar-refractivity contribution in [2.45, 2.75) is 118 Å². The number of hydrogen-bond acceptors (Lipinski definition) is 4. The number of Topliss-reactive ketones (excluding diaryl/α,β-unsaturated/α-hetero) is 1. The van der Waals surface area contributed by atoms with E-state index in [1.165, 1.54) is 0 Å². The van der Waals surface area contributed by atoms with E-state index in [4.69, 9.17) is 13.9 Å². The van der Waals surface area contributed by atoms with Gasteiger partial charge in [-0.3, -0.25) is 4.79 Å². The van der Waals surface area contributed by atoms with E-state index in [9.17, 15) is 4.79 Å². The van der Waals surface area contributed by atoms with Gasteiger partial charge >= 0.3 is 0 Å². The molecule has 3 aliphatic carbocycles. The van der Waals surface area contributed by atoms with Gasteiger partial charge in [0.05, 0.1) is 11.9 Å². The summed E-state index contributed by atoms with van der Waals surface area (Å²) in [6.45, 7) is 27.6. The molecule has 0 radical (unpaired) electrons. The molecule has 0 aromatic carbocycles. The van der Waals surface area contributed by atoms with Crippen LogP contribution in [0, 0.1) is 34.0 Å². The molecule has 7 unspecified atom stereocenters. The molecule has 7 atom stereocenters. The van der Waals surface area contributed by atoms with E-state index in [2.05, 4.69) is 81.9 Å². The fraction of sp³-hybridized carbons (Fsp3) is 0.839. The maximum absolute atomic E-state index is 14.5. The molecule has 2 fully saturated rings. The quantitative estimate of drug-likeness (QED) is 0.175. The van der Waals surface area contributed by atoms with E-state index in [-0.39, 0.29) is 30.1 Å². The minimum Gasteiger partial charge on any atom is -0.546 e. The standard InChI is InChI=1S/C31H54O4Si/c1-13-29(10)18-26(32)30(11)23(8)14-16-31(24(9)28(29)34-19-33-12)17-15-25(27(30)31)35-36(20(2)3,21(4)5)22(6)7/h13,15,20-24,27-28H,1,14,16-19H2,2-12H3. The molecule has 5 heteroatoms. The fourth-order valence-corrected chi connectivity index (χ4v) is 14.3. The predicted molar refractivity (Wildman–Crippen MR) is 151 cm³/mol. The molecule has 0 saturated heterocycles. The monoisotopic (exact) mass is 518 g/mol. The molecule has 3 rings (SSSR count). The van der Waals surface area contributed by atoms with Gasteiger partial charge in [0, 0.05) is 30.3 Å². The highest BCUT2D eigenvalue weighted by molar-refractivity contribution is 6.77. The fourth-order valence-electron chi connectivity index (χ4n) is 8.96. The molecule has 0 aliphatic heterocycles. The van der Waals surface area contributed by atoms with Crippen LogP contribution in [0.1, 0.15) is 94.9 Å². The van der Waals surface area contributed by atoms with Gasteiger partial charge in [-0.1, -0.05) is 75.3 Å². The number of ketones is 1. The van der Waals surface area contributed by atoms with Gasteiger partial charge in [-0.05, 0) is 59.2 Å². The third-order valence-electron chi connectivity index (χ3n) is 11.2. The molecule has 0 heterocycles. The molecule has 206 valence electrons. The van der Waals surface area contributed by atoms with Crippen molar-refractivity contribution in [2.75, 3.05) is 13.9 Å². The first-order chi connectivity index (χ1) is 16.7. The number of ether oxygens (including phenoxy) is 2. The van der Waals surface area contributed by atoms with Crippen LogP contribution in [0.25, 0.3) is 0 Å². The second-order valence-electron chi connectivity index (χ2n) is 13.7. The summed E-state index contributed by atoms with van der Waals surface area (Å²) in [7, 11) is -0.500. The van der Waals surface area contributed by atoms with Gasteiger partial charge in [-0.15, -0.1) is 6.58 Å². The lowest BCUT2D eigenvalue weighted by atomic mass is 9.44. The van der Waals surface area contributed by atoms with E-state index >= 15 is 0 Å². The number of methoxy groups -OCH3 is 1. The molecule has 0 aromatic heterocycles. The zero-order chi connectivity index (χ0) is 27.3. The lowest BCUT2D eigenvalue weighted by Gasteiger charge is -2.61. The van der Waals surface area contributed by atoms with Crippen molar-refractivity contribution in [2.24, 2.45) is 34.0 Å². The minimum absolute atomic E-state index is 0.0690. The number of carbonyl (C=O) groups excluding carboxylic acids is 1. The van der Waals surface area contributed by atoms with E-state index in [0.717, 1.165) is 25.0 Å². The van der Waals surface area contributed by atoms with Crippen molar-refractivity contribution in [3.63, 3.8) is 0 Å². The molecule has 0 N–H and O–H groups in total. The van der Waals surface area contributed by atoms with Crippen molar-refractivity contribution in [1.82, 2.24) is 0 Å². The van der Waals surface area contributed by atoms with Crippen molar-refractivity contribution in [3.05, 3.63) is 24.5 Å². The molecule has 0 amide bonds. The Morgan fingerprint density at radius 1 is 1.11 bits per heavy atom. The Morgan fingerprint density at radius 2 is 1.69 bits per heavy atom. The summed E-state index contributed by atoms with van der Waals surface area (Å²) >= 11 is 0. The first kappa shape index (κ1) is 29.6. The summed E-state index contributed by atoms with van der Waals surface area (Å²) < 4.78 is 19.3.